The average molecular weight is 275 g/mol. The van der Waals surface area contributed by atoms with E-state index in [-0.39, 0.29) is 11.9 Å². The highest BCUT2D eigenvalue weighted by Crippen LogP contribution is 2.28. The van der Waals surface area contributed by atoms with Gasteiger partial charge in [-0.25, -0.2) is 8.42 Å². The minimum atomic E-state index is -2.83. The topological polar surface area (TPSA) is 57.6 Å². The second-order valence-corrected chi connectivity index (χ2v) is 8.15. The molecule has 1 saturated heterocycles. The maximum atomic E-state index is 11.5. The highest BCUT2D eigenvalue weighted by Gasteiger charge is 2.23. The maximum absolute atomic E-state index is 11.5. The Labute approximate surface area is 110 Å². The molecule has 0 bridgehead atoms. The first-order valence-electron chi connectivity index (χ1n) is 7.16. The van der Waals surface area contributed by atoms with Gasteiger partial charge in [-0.1, -0.05) is 25.7 Å². The van der Waals surface area contributed by atoms with Gasteiger partial charge in [-0.05, 0) is 25.3 Å². The molecule has 1 heterocycles. The molecule has 1 atom stereocenters. The summed E-state index contributed by atoms with van der Waals surface area (Å²) in [6.45, 7) is 2.04. The van der Waals surface area contributed by atoms with Crippen LogP contribution in [0, 0.1) is 5.92 Å². The summed E-state index contributed by atoms with van der Waals surface area (Å²) >= 11 is 0. The minimum absolute atomic E-state index is 0.253. The molecule has 0 amide bonds. The van der Waals surface area contributed by atoms with E-state index in [1.165, 1.54) is 25.7 Å². The van der Waals surface area contributed by atoms with Crippen molar-refractivity contribution in [1.29, 1.82) is 0 Å². The van der Waals surface area contributed by atoms with E-state index in [2.05, 4.69) is 4.90 Å². The second kappa shape index (κ2) is 6.35. The second-order valence-electron chi connectivity index (χ2n) is 5.85. The summed E-state index contributed by atoms with van der Waals surface area (Å²) in [5.41, 5.74) is 0. The molecule has 0 aromatic carbocycles. The van der Waals surface area contributed by atoms with Crippen molar-refractivity contribution in [2.24, 2.45) is 5.92 Å². The average Bonchev–Trinajstić information content (AvgIpc) is 2.72. The van der Waals surface area contributed by atoms with E-state index in [4.69, 9.17) is 0 Å². The molecule has 18 heavy (non-hydrogen) atoms. The van der Waals surface area contributed by atoms with Gasteiger partial charge in [0.15, 0.2) is 9.84 Å². The largest absolute Gasteiger partial charge is 0.392 e. The SMILES string of the molecule is O=S1(=O)CCCN(CC(O)CC2CCCC2)CC1. The number of aliphatic hydroxyl groups is 1. The Morgan fingerprint density at radius 3 is 2.56 bits per heavy atom. The van der Waals surface area contributed by atoms with Crippen molar-refractivity contribution in [2.75, 3.05) is 31.1 Å². The minimum Gasteiger partial charge on any atom is -0.392 e. The molecular formula is C13H25NO3S. The van der Waals surface area contributed by atoms with Crippen LogP contribution in [0.25, 0.3) is 0 Å². The van der Waals surface area contributed by atoms with Gasteiger partial charge in [-0.2, -0.15) is 0 Å². The van der Waals surface area contributed by atoms with E-state index in [9.17, 15) is 13.5 Å². The summed E-state index contributed by atoms with van der Waals surface area (Å²) in [4.78, 5) is 2.12. The van der Waals surface area contributed by atoms with Crippen LogP contribution < -0.4 is 0 Å². The maximum Gasteiger partial charge on any atom is 0.151 e. The standard InChI is InChI=1S/C13H25NO3S/c15-13(10-12-4-1-2-5-12)11-14-6-3-8-18(16,17)9-7-14/h12-13,15H,1-11H2. The summed E-state index contributed by atoms with van der Waals surface area (Å²) < 4.78 is 23.0. The Balaban J connectivity index is 1.74. The molecule has 0 aromatic rings. The lowest BCUT2D eigenvalue weighted by Gasteiger charge is -2.24. The van der Waals surface area contributed by atoms with Gasteiger partial charge in [-0.15, -0.1) is 0 Å². The molecule has 106 valence electrons. The molecule has 0 radical (unpaired) electrons. The Kier molecular flexibility index (Phi) is 5.04. The van der Waals surface area contributed by atoms with Crippen molar-refractivity contribution in [2.45, 2.75) is 44.6 Å². The quantitative estimate of drug-likeness (QED) is 0.833. The highest BCUT2D eigenvalue weighted by atomic mass is 32.2. The number of hydrogen-bond acceptors (Lipinski definition) is 4. The van der Waals surface area contributed by atoms with Crippen LogP contribution >= 0.6 is 0 Å². The van der Waals surface area contributed by atoms with Crippen LogP contribution in [0.1, 0.15) is 38.5 Å². The lowest BCUT2D eigenvalue weighted by molar-refractivity contribution is 0.0945. The van der Waals surface area contributed by atoms with Crippen LogP contribution in [0.5, 0.6) is 0 Å². The van der Waals surface area contributed by atoms with E-state index in [1.807, 2.05) is 0 Å². The molecular weight excluding hydrogens is 250 g/mol. The Morgan fingerprint density at radius 2 is 1.83 bits per heavy atom. The van der Waals surface area contributed by atoms with E-state index in [0.29, 0.717) is 31.2 Å². The molecule has 4 nitrogen and oxygen atoms in total. The number of nitrogens with zero attached hydrogens (tertiary/aromatic N) is 1. The third-order valence-corrected chi connectivity index (χ3v) is 5.91. The molecule has 2 aliphatic rings. The molecule has 2 fully saturated rings. The monoisotopic (exact) mass is 275 g/mol. The third-order valence-electron chi connectivity index (χ3n) is 4.20. The van der Waals surface area contributed by atoms with Gasteiger partial charge in [-0.3, -0.25) is 4.90 Å². The zero-order valence-corrected chi connectivity index (χ0v) is 11.9. The van der Waals surface area contributed by atoms with Gasteiger partial charge < -0.3 is 5.11 Å². The summed E-state index contributed by atoms with van der Waals surface area (Å²) in [5, 5.41) is 10.1. The number of β-amino-alcohol motifs (C(OH)–C–C–N with tert-alkyl or cyclic N) is 1. The Bertz CT molecular complexity index is 349. The number of sulfone groups is 1. The van der Waals surface area contributed by atoms with E-state index >= 15 is 0 Å². The van der Waals surface area contributed by atoms with Crippen molar-refractivity contribution in [1.82, 2.24) is 4.90 Å². The van der Waals surface area contributed by atoms with Crippen LogP contribution in [-0.2, 0) is 9.84 Å². The Hall–Kier alpha value is -0.130. The molecule has 0 spiro atoms. The van der Waals surface area contributed by atoms with Crippen molar-refractivity contribution < 1.29 is 13.5 Å². The zero-order valence-electron chi connectivity index (χ0n) is 11.1. The zero-order chi connectivity index (χ0) is 13.0. The van der Waals surface area contributed by atoms with Crippen LogP contribution in [-0.4, -0.2) is 55.7 Å². The van der Waals surface area contributed by atoms with Gasteiger partial charge in [0.1, 0.15) is 0 Å². The van der Waals surface area contributed by atoms with Crippen LogP contribution in [0.15, 0.2) is 0 Å². The molecule has 1 aliphatic heterocycles. The lowest BCUT2D eigenvalue weighted by Crippen LogP contribution is -2.35. The number of rotatable bonds is 4. The van der Waals surface area contributed by atoms with Gasteiger partial charge in [0.05, 0.1) is 17.6 Å². The van der Waals surface area contributed by atoms with Crippen molar-refractivity contribution in [3.8, 4) is 0 Å². The molecule has 1 aliphatic carbocycles. The third kappa shape index (κ3) is 4.52. The lowest BCUT2D eigenvalue weighted by atomic mass is 10.00. The Morgan fingerprint density at radius 1 is 1.11 bits per heavy atom. The van der Waals surface area contributed by atoms with Gasteiger partial charge in [0.2, 0.25) is 0 Å². The first kappa shape index (κ1) is 14.3. The van der Waals surface area contributed by atoms with Crippen molar-refractivity contribution in [3.05, 3.63) is 0 Å². The van der Waals surface area contributed by atoms with Crippen molar-refractivity contribution >= 4 is 9.84 Å². The molecule has 1 N–H and O–H groups in total. The number of aliphatic hydroxyl groups excluding tert-OH is 1. The molecule has 2 rings (SSSR count). The fraction of sp³-hybridized carbons (Fsp3) is 1.00. The van der Waals surface area contributed by atoms with Crippen LogP contribution in [0.3, 0.4) is 0 Å². The fourth-order valence-electron chi connectivity index (χ4n) is 3.18. The van der Waals surface area contributed by atoms with Crippen LogP contribution in [0.2, 0.25) is 0 Å². The van der Waals surface area contributed by atoms with Gasteiger partial charge >= 0.3 is 0 Å². The van der Waals surface area contributed by atoms with E-state index in [1.54, 1.807) is 0 Å². The van der Waals surface area contributed by atoms with E-state index < -0.39 is 9.84 Å². The predicted molar refractivity (Wildman–Crippen MR) is 72.3 cm³/mol. The first-order valence-corrected chi connectivity index (χ1v) is 8.98. The molecule has 1 unspecified atom stereocenters. The first-order chi connectivity index (χ1) is 8.55. The summed E-state index contributed by atoms with van der Waals surface area (Å²) in [7, 11) is -2.83. The smallest absolute Gasteiger partial charge is 0.151 e. The summed E-state index contributed by atoms with van der Waals surface area (Å²) in [5.74, 6) is 1.25. The summed E-state index contributed by atoms with van der Waals surface area (Å²) in [6.07, 6.45) is 6.44. The van der Waals surface area contributed by atoms with Crippen molar-refractivity contribution in [3.63, 3.8) is 0 Å². The van der Waals surface area contributed by atoms with Crippen LogP contribution in [0.4, 0.5) is 0 Å². The van der Waals surface area contributed by atoms with E-state index in [0.717, 1.165) is 13.0 Å². The highest BCUT2D eigenvalue weighted by molar-refractivity contribution is 7.91. The molecule has 1 saturated carbocycles. The fourth-order valence-corrected chi connectivity index (χ4v) is 4.49. The normalized spacial score (nSPS) is 28.1. The predicted octanol–water partition coefficient (Wildman–Crippen LogP) is 1.05. The molecule has 5 heteroatoms. The molecule has 0 aromatic heterocycles. The summed E-state index contributed by atoms with van der Waals surface area (Å²) in [6, 6.07) is 0. The van der Waals surface area contributed by atoms with Gasteiger partial charge in [0, 0.05) is 13.1 Å². The number of hydrogen-bond donors (Lipinski definition) is 1. The van der Waals surface area contributed by atoms with Gasteiger partial charge in [0.25, 0.3) is 0 Å².